The summed E-state index contributed by atoms with van der Waals surface area (Å²) < 4.78 is 5.38. The van der Waals surface area contributed by atoms with Gasteiger partial charge in [-0.2, -0.15) is 0 Å². The monoisotopic (exact) mass is 261 g/mol. The number of ether oxygens (including phenoxy) is 1. The van der Waals surface area contributed by atoms with Crippen LogP contribution in [0.3, 0.4) is 0 Å². The average molecular weight is 261 g/mol. The Balaban J connectivity index is 3.54. The van der Waals surface area contributed by atoms with E-state index >= 15 is 0 Å². The molecule has 18 heavy (non-hydrogen) atoms. The minimum absolute atomic E-state index is 0.242. The Morgan fingerprint density at radius 2 is 1.83 bits per heavy atom. The average Bonchev–Trinajstić information content (AvgIpc) is 2.29. The highest BCUT2D eigenvalue weighted by Gasteiger charge is 2.09. The molecular formula is C14H31NO3. The number of nitrogens with one attached hydrogen (secondary N) is 1. The number of aliphatic hydroxyl groups is 2. The van der Waals surface area contributed by atoms with Crippen LogP contribution in [0.15, 0.2) is 0 Å². The van der Waals surface area contributed by atoms with E-state index in [2.05, 4.69) is 26.1 Å². The largest absolute Gasteiger partial charge is 0.396 e. The van der Waals surface area contributed by atoms with Crippen molar-refractivity contribution in [3.63, 3.8) is 0 Å². The molecule has 4 heteroatoms. The summed E-state index contributed by atoms with van der Waals surface area (Å²) in [4.78, 5) is 0. The quantitative estimate of drug-likeness (QED) is 0.497. The molecule has 0 rings (SSSR count). The number of hydrogen-bond donors (Lipinski definition) is 3. The van der Waals surface area contributed by atoms with Crippen LogP contribution < -0.4 is 5.32 Å². The van der Waals surface area contributed by atoms with Crippen LogP contribution in [0.2, 0.25) is 0 Å². The highest BCUT2D eigenvalue weighted by atomic mass is 16.5. The predicted molar refractivity (Wildman–Crippen MR) is 74.6 cm³/mol. The van der Waals surface area contributed by atoms with Crippen molar-refractivity contribution in [1.82, 2.24) is 5.32 Å². The number of hydrogen-bond acceptors (Lipinski definition) is 4. The summed E-state index contributed by atoms with van der Waals surface area (Å²) in [5, 5.41) is 21.9. The maximum absolute atomic E-state index is 9.70. The summed E-state index contributed by atoms with van der Waals surface area (Å²) in [6, 6.07) is 0. The summed E-state index contributed by atoms with van der Waals surface area (Å²) in [7, 11) is 0. The zero-order chi connectivity index (χ0) is 13.8. The maximum Gasteiger partial charge on any atom is 0.0897 e. The van der Waals surface area contributed by atoms with Gasteiger partial charge >= 0.3 is 0 Å². The maximum atomic E-state index is 9.70. The van der Waals surface area contributed by atoms with Crippen molar-refractivity contribution in [1.29, 1.82) is 0 Å². The van der Waals surface area contributed by atoms with Gasteiger partial charge in [-0.15, -0.1) is 0 Å². The first-order valence-corrected chi connectivity index (χ1v) is 7.17. The molecule has 0 aromatic rings. The van der Waals surface area contributed by atoms with Gasteiger partial charge in [-0.05, 0) is 31.2 Å². The molecular weight excluding hydrogens is 230 g/mol. The second kappa shape index (κ2) is 11.9. The third-order valence-corrected chi connectivity index (χ3v) is 2.81. The van der Waals surface area contributed by atoms with Gasteiger partial charge in [-0.25, -0.2) is 0 Å². The van der Waals surface area contributed by atoms with E-state index in [1.54, 1.807) is 0 Å². The van der Waals surface area contributed by atoms with Gasteiger partial charge in [0.15, 0.2) is 0 Å². The van der Waals surface area contributed by atoms with Crippen molar-refractivity contribution in [2.75, 3.05) is 32.9 Å². The molecule has 0 aliphatic rings. The van der Waals surface area contributed by atoms with Crippen molar-refractivity contribution in [2.45, 2.75) is 46.1 Å². The van der Waals surface area contributed by atoms with Crippen molar-refractivity contribution in [3.8, 4) is 0 Å². The molecule has 0 spiro atoms. The van der Waals surface area contributed by atoms with Crippen molar-refractivity contribution in [2.24, 2.45) is 11.8 Å². The van der Waals surface area contributed by atoms with E-state index in [9.17, 15) is 5.11 Å². The van der Waals surface area contributed by atoms with Crippen LogP contribution in [0.25, 0.3) is 0 Å². The van der Waals surface area contributed by atoms with Crippen molar-refractivity contribution in [3.05, 3.63) is 0 Å². The van der Waals surface area contributed by atoms with Gasteiger partial charge in [0.1, 0.15) is 0 Å². The third kappa shape index (κ3) is 11.0. The molecule has 0 aliphatic heterocycles. The van der Waals surface area contributed by atoms with E-state index in [0.717, 1.165) is 25.8 Å². The molecule has 0 radical (unpaired) electrons. The highest BCUT2D eigenvalue weighted by molar-refractivity contribution is 4.65. The number of aliphatic hydroxyl groups excluding tert-OH is 2. The second-order valence-corrected chi connectivity index (χ2v) is 5.41. The zero-order valence-electron chi connectivity index (χ0n) is 12.2. The summed E-state index contributed by atoms with van der Waals surface area (Å²) in [5.74, 6) is 1.01. The fourth-order valence-electron chi connectivity index (χ4n) is 1.89. The smallest absolute Gasteiger partial charge is 0.0897 e. The van der Waals surface area contributed by atoms with E-state index < -0.39 is 6.10 Å². The molecule has 3 N–H and O–H groups in total. The first-order valence-electron chi connectivity index (χ1n) is 7.17. The fraction of sp³-hybridized carbons (Fsp3) is 1.00. The molecule has 110 valence electrons. The van der Waals surface area contributed by atoms with Crippen molar-refractivity contribution >= 4 is 0 Å². The molecule has 0 saturated carbocycles. The van der Waals surface area contributed by atoms with Gasteiger partial charge in [0.2, 0.25) is 0 Å². The summed E-state index contributed by atoms with van der Waals surface area (Å²) in [6.07, 6.45) is 2.64. The first kappa shape index (κ1) is 17.8. The van der Waals surface area contributed by atoms with Gasteiger partial charge in [0.25, 0.3) is 0 Å². The van der Waals surface area contributed by atoms with Crippen LogP contribution in [-0.4, -0.2) is 49.2 Å². The van der Waals surface area contributed by atoms with E-state index in [-0.39, 0.29) is 6.61 Å². The molecule has 0 bridgehead atoms. The van der Waals surface area contributed by atoms with Crippen LogP contribution in [0.5, 0.6) is 0 Å². The van der Waals surface area contributed by atoms with E-state index in [4.69, 9.17) is 9.84 Å². The normalized spacial score (nSPS) is 15.0. The lowest BCUT2D eigenvalue weighted by molar-refractivity contribution is 0.0257. The van der Waals surface area contributed by atoms with Gasteiger partial charge < -0.3 is 20.3 Å². The van der Waals surface area contributed by atoms with Crippen molar-refractivity contribution < 1.29 is 14.9 Å². The van der Waals surface area contributed by atoms with Crippen LogP contribution in [0, 0.1) is 11.8 Å². The molecule has 0 saturated heterocycles. The Morgan fingerprint density at radius 3 is 2.39 bits per heavy atom. The Hall–Kier alpha value is -0.160. The zero-order valence-corrected chi connectivity index (χ0v) is 12.2. The molecule has 2 unspecified atom stereocenters. The van der Waals surface area contributed by atoms with Gasteiger partial charge in [-0.3, -0.25) is 0 Å². The van der Waals surface area contributed by atoms with Crippen LogP contribution in [0.1, 0.15) is 40.0 Å². The Bertz CT molecular complexity index is 170. The van der Waals surface area contributed by atoms with Crippen LogP contribution >= 0.6 is 0 Å². The van der Waals surface area contributed by atoms with Crippen LogP contribution in [-0.2, 0) is 4.74 Å². The standard InChI is InChI=1S/C14H31NO3/c1-4-5-13(6-7-16)8-15-9-14(17)11-18-10-12(2)3/h12-17H,4-11H2,1-3H3. The van der Waals surface area contributed by atoms with Crippen LogP contribution in [0.4, 0.5) is 0 Å². The Morgan fingerprint density at radius 1 is 1.11 bits per heavy atom. The SMILES string of the molecule is CCCC(CCO)CNCC(O)COCC(C)C. The predicted octanol–water partition coefficient (Wildman–Crippen LogP) is 1.41. The van der Waals surface area contributed by atoms with Gasteiger partial charge in [-0.1, -0.05) is 27.2 Å². The Kier molecular flexibility index (Phi) is 11.8. The first-order chi connectivity index (χ1) is 8.60. The molecule has 0 aliphatic carbocycles. The second-order valence-electron chi connectivity index (χ2n) is 5.41. The lowest BCUT2D eigenvalue weighted by atomic mass is 10.0. The minimum Gasteiger partial charge on any atom is -0.396 e. The molecule has 0 aromatic carbocycles. The Labute approximate surface area is 112 Å². The molecule has 2 atom stereocenters. The summed E-state index contributed by atoms with van der Waals surface area (Å²) >= 11 is 0. The minimum atomic E-state index is -0.444. The van der Waals surface area contributed by atoms with E-state index in [1.165, 1.54) is 0 Å². The number of rotatable bonds is 12. The molecule has 0 amide bonds. The summed E-state index contributed by atoms with van der Waals surface area (Å²) in [5.41, 5.74) is 0. The topological polar surface area (TPSA) is 61.7 Å². The summed E-state index contributed by atoms with van der Waals surface area (Å²) in [6.45, 7) is 9.08. The molecule has 4 nitrogen and oxygen atoms in total. The molecule has 0 aromatic heterocycles. The van der Waals surface area contributed by atoms with E-state index in [0.29, 0.717) is 31.6 Å². The van der Waals surface area contributed by atoms with Gasteiger partial charge in [0, 0.05) is 19.8 Å². The third-order valence-electron chi connectivity index (χ3n) is 2.81. The van der Waals surface area contributed by atoms with E-state index in [1.807, 2.05) is 0 Å². The molecule has 0 fully saturated rings. The molecule has 0 heterocycles. The highest BCUT2D eigenvalue weighted by Crippen LogP contribution is 2.09. The fourth-order valence-corrected chi connectivity index (χ4v) is 1.89. The van der Waals surface area contributed by atoms with Gasteiger partial charge in [0.05, 0.1) is 12.7 Å². The lowest BCUT2D eigenvalue weighted by Gasteiger charge is -2.18. The lowest BCUT2D eigenvalue weighted by Crippen LogP contribution is -2.34.